The maximum absolute atomic E-state index is 5.44. The normalized spacial score (nSPS) is 25.3. The van der Waals surface area contributed by atoms with Gasteiger partial charge in [0.25, 0.3) is 0 Å². The van der Waals surface area contributed by atoms with Crippen molar-refractivity contribution in [1.82, 2.24) is 10.2 Å². The summed E-state index contributed by atoms with van der Waals surface area (Å²) in [6.45, 7) is 11.9. The van der Waals surface area contributed by atoms with Crippen LogP contribution in [0.5, 0.6) is 0 Å². The third-order valence-electron chi connectivity index (χ3n) is 3.36. The Bertz CT molecular complexity index is 175. The molecule has 96 valence electrons. The van der Waals surface area contributed by atoms with Crippen LogP contribution < -0.4 is 5.32 Å². The Morgan fingerprint density at radius 1 is 1.31 bits per heavy atom. The van der Waals surface area contributed by atoms with Crippen molar-refractivity contribution in [2.75, 3.05) is 32.8 Å². The second-order valence-electron chi connectivity index (χ2n) is 4.79. The third-order valence-corrected chi connectivity index (χ3v) is 3.36. The van der Waals surface area contributed by atoms with Gasteiger partial charge in [0.05, 0.1) is 6.61 Å². The van der Waals surface area contributed by atoms with E-state index < -0.39 is 0 Å². The van der Waals surface area contributed by atoms with Crippen molar-refractivity contribution < 1.29 is 4.74 Å². The summed E-state index contributed by atoms with van der Waals surface area (Å²) in [6.07, 6.45) is 3.92. The average molecular weight is 228 g/mol. The lowest BCUT2D eigenvalue weighted by molar-refractivity contribution is 0.122. The lowest BCUT2D eigenvalue weighted by atomic mass is 10.1. The summed E-state index contributed by atoms with van der Waals surface area (Å²) in [5.74, 6) is 0. The molecule has 0 saturated carbocycles. The maximum atomic E-state index is 5.44. The van der Waals surface area contributed by atoms with Gasteiger partial charge in [-0.1, -0.05) is 6.92 Å². The molecule has 3 heteroatoms. The topological polar surface area (TPSA) is 24.5 Å². The highest BCUT2D eigenvalue weighted by Gasteiger charge is 2.17. The van der Waals surface area contributed by atoms with Crippen molar-refractivity contribution in [3.8, 4) is 0 Å². The monoisotopic (exact) mass is 228 g/mol. The molecule has 1 aliphatic heterocycles. The number of ether oxygens (including phenoxy) is 1. The van der Waals surface area contributed by atoms with Gasteiger partial charge in [-0.3, -0.25) is 0 Å². The molecule has 0 aromatic carbocycles. The molecule has 0 bridgehead atoms. The van der Waals surface area contributed by atoms with Crippen molar-refractivity contribution in [3.63, 3.8) is 0 Å². The number of likely N-dealkylation sites (tertiary alicyclic amines) is 1. The van der Waals surface area contributed by atoms with E-state index in [4.69, 9.17) is 4.74 Å². The van der Waals surface area contributed by atoms with Gasteiger partial charge in [0.15, 0.2) is 0 Å². The molecular weight excluding hydrogens is 200 g/mol. The Hall–Kier alpha value is -0.120. The van der Waals surface area contributed by atoms with Crippen molar-refractivity contribution >= 4 is 0 Å². The molecule has 3 nitrogen and oxygen atoms in total. The zero-order chi connectivity index (χ0) is 11.8. The van der Waals surface area contributed by atoms with Crippen LogP contribution in [-0.4, -0.2) is 49.8 Å². The van der Waals surface area contributed by atoms with Crippen molar-refractivity contribution in [2.45, 2.75) is 52.1 Å². The van der Waals surface area contributed by atoms with Crippen LogP contribution >= 0.6 is 0 Å². The second kappa shape index (κ2) is 8.04. The first kappa shape index (κ1) is 13.9. The molecule has 1 N–H and O–H groups in total. The molecule has 2 atom stereocenters. The first-order valence-corrected chi connectivity index (χ1v) is 6.82. The summed E-state index contributed by atoms with van der Waals surface area (Å²) in [5, 5.41) is 3.69. The van der Waals surface area contributed by atoms with Crippen LogP contribution in [0.2, 0.25) is 0 Å². The van der Waals surface area contributed by atoms with Crippen molar-refractivity contribution in [2.24, 2.45) is 0 Å². The lowest BCUT2D eigenvalue weighted by Gasteiger charge is -2.22. The molecule has 0 aromatic heterocycles. The van der Waals surface area contributed by atoms with Crippen molar-refractivity contribution in [1.29, 1.82) is 0 Å². The number of nitrogens with zero attached hydrogens (tertiary/aromatic N) is 1. The molecule has 2 unspecified atom stereocenters. The summed E-state index contributed by atoms with van der Waals surface area (Å²) in [7, 11) is 0. The summed E-state index contributed by atoms with van der Waals surface area (Å²) >= 11 is 0. The van der Waals surface area contributed by atoms with E-state index in [1.165, 1.54) is 38.9 Å². The predicted octanol–water partition coefficient (Wildman–Crippen LogP) is 1.88. The molecule has 0 radical (unpaired) electrons. The van der Waals surface area contributed by atoms with Crippen LogP contribution in [0.25, 0.3) is 0 Å². The molecule has 1 aliphatic rings. The summed E-state index contributed by atoms with van der Waals surface area (Å²) < 4.78 is 5.44. The minimum absolute atomic E-state index is 0.484. The number of hydrogen-bond acceptors (Lipinski definition) is 3. The Morgan fingerprint density at radius 2 is 2.12 bits per heavy atom. The molecule has 0 spiro atoms. The standard InChI is InChI=1S/C13H28N2O/c1-4-15-9-6-7-13(8-10-15)14-12(3)11-16-5-2/h12-14H,4-11H2,1-3H3. The van der Waals surface area contributed by atoms with Gasteiger partial charge in [-0.25, -0.2) is 0 Å². The highest BCUT2D eigenvalue weighted by atomic mass is 16.5. The summed E-state index contributed by atoms with van der Waals surface area (Å²) in [5.41, 5.74) is 0. The van der Waals surface area contributed by atoms with Crippen LogP contribution in [-0.2, 0) is 4.74 Å². The fourth-order valence-corrected chi connectivity index (χ4v) is 2.38. The van der Waals surface area contributed by atoms with E-state index in [9.17, 15) is 0 Å². The maximum Gasteiger partial charge on any atom is 0.0616 e. The van der Waals surface area contributed by atoms with E-state index in [0.717, 1.165) is 13.2 Å². The number of hydrogen-bond donors (Lipinski definition) is 1. The van der Waals surface area contributed by atoms with E-state index in [1.807, 2.05) is 0 Å². The molecule has 1 heterocycles. The smallest absolute Gasteiger partial charge is 0.0616 e. The van der Waals surface area contributed by atoms with Gasteiger partial charge in [0, 0.05) is 18.7 Å². The first-order chi connectivity index (χ1) is 7.76. The zero-order valence-electron chi connectivity index (χ0n) is 11.2. The van der Waals surface area contributed by atoms with Crippen LogP contribution in [0.3, 0.4) is 0 Å². The Labute approximate surface area is 101 Å². The van der Waals surface area contributed by atoms with Crippen LogP contribution in [0, 0.1) is 0 Å². The number of nitrogens with one attached hydrogen (secondary N) is 1. The molecule has 1 rings (SSSR count). The second-order valence-corrected chi connectivity index (χ2v) is 4.79. The van der Waals surface area contributed by atoms with Gasteiger partial charge in [-0.15, -0.1) is 0 Å². The molecule has 16 heavy (non-hydrogen) atoms. The van der Waals surface area contributed by atoms with Gasteiger partial charge >= 0.3 is 0 Å². The Balaban J connectivity index is 2.21. The molecule has 0 aromatic rings. The fourth-order valence-electron chi connectivity index (χ4n) is 2.38. The molecule has 0 amide bonds. The van der Waals surface area contributed by atoms with E-state index in [2.05, 4.69) is 31.0 Å². The quantitative estimate of drug-likeness (QED) is 0.751. The first-order valence-electron chi connectivity index (χ1n) is 6.82. The van der Waals surface area contributed by atoms with E-state index in [1.54, 1.807) is 0 Å². The Kier molecular flexibility index (Phi) is 7.01. The fraction of sp³-hybridized carbons (Fsp3) is 1.00. The third kappa shape index (κ3) is 5.28. The van der Waals surface area contributed by atoms with Crippen LogP contribution in [0.1, 0.15) is 40.0 Å². The molecule has 1 saturated heterocycles. The lowest BCUT2D eigenvalue weighted by Crippen LogP contribution is -2.39. The van der Waals surface area contributed by atoms with E-state index in [-0.39, 0.29) is 0 Å². The Morgan fingerprint density at radius 3 is 2.81 bits per heavy atom. The minimum Gasteiger partial charge on any atom is -0.380 e. The van der Waals surface area contributed by atoms with Crippen LogP contribution in [0.4, 0.5) is 0 Å². The summed E-state index contributed by atoms with van der Waals surface area (Å²) in [4.78, 5) is 2.55. The highest BCUT2D eigenvalue weighted by Crippen LogP contribution is 2.11. The average Bonchev–Trinajstić information content (AvgIpc) is 2.51. The highest BCUT2D eigenvalue weighted by molar-refractivity contribution is 4.76. The number of rotatable bonds is 6. The van der Waals surface area contributed by atoms with E-state index >= 15 is 0 Å². The van der Waals surface area contributed by atoms with Crippen molar-refractivity contribution in [3.05, 3.63) is 0 Å². The van der Waals surface area contributed by atoms with Gasteiger partial charge < -0.3 is 15.0 Å². The van der Waals surface area contributed by atoms with Gasteiger partial charge in [0.2, 0.25) is 0 Å². The molecule has 1 fully saturated rings. The predicted molar refractivity (Wildman–Crippen MR) is 68.8 cm³/mol. The van der Waals surface area contributed by atoms with Gasteiger partial charge in [-0.05, 0) is 52.7 Å². The summed E-state index contributed by atoms with van der Waals surface area (Å²) in [6, 6.07) is 1.17. The van der Waals surface area contributed by atoms with Crippen LogP contribution in [0.15, 0.2) is 0 Å². The van der Waals surface area contributed by atoms with Gasteiger partial charge in [-0.2, -0.15) is 0 Å². The SMILES string of the molecule is CCOCC(C)NC1CCCN(CC)CC1. The molecular formula is C13H28N2O. The van der Waals surface area contributed by atoms with E-state index in [0.29, 0.717) is 12.1 Å². The van der Waals surface area contributed by atoms with Gasteiger partial charge in [0.1, 0.15) is 0 Å². The zero-order valence-corrected chi connectivity index (χ0v) is 11.2. The largest absolute Gasteiger partial charge is 0.380 e. The minimum atomic E-state index is 0.484. The molecule has 0 aliphatic carbocycles.